The topological polar surface area (TPSA) is 106 Å². The molecule has 2 N–H and O–H groups in total. The van der Waals surface area contributed by atoms with Crippen molar-refractivity contribution in [1.82, 2.24) is 15.0 Å². The lowest BCUT2D eigenvalue weighted by molar-refractivity contribution is -0.124. The van der Waals surface area contributed by atoms with Gasteiger partial charge < -0.3 is 14.5 Å². The van der Waals surface area contributed by atoms with E-state index in [9.17, 15) is 9.59 Å². The molecule has 1 amide bonds. The number of esters is 1. The number of hydrogen-bond donors (Lipinski definition) is 2. The van der Waals surface area contributed by atoms with Gasteiger partial charge in [-0.05, 0) is 36.8 Å². The van der Waals surface area contributed by atoms with Crippen LogP contribution in [0.4, 0.5) is 5.13 Å². The predicted molar refractivity (Wildman–Crippen MR) is 144 cm³/mol. The van der Waals surface area contributed by atoms with E-state index in [-0.39, 0.29) is 0 Å². The van der Waals surface area contributed by atoms with E-state index in [0.717, 1.165) is 16.6 Å². The molecular weight excluding hydrogens is 488 g/mol. The van der Waals surface area contributed by atoms with Crippen LogP contribution in [-0.2, 0) is 9.53 Å². The van der Waals surface area contributed by atoms with Gasteiger partial charge in [0.05, 0.1) is 29.4 Å². The Bertz CT molecular complexity index is 1560. The van der Waals surface area contributed by atoms with Crippen molar-refractivity contribution in [3.05, 3.63) is 83.7 Å². The first-order chi connectivity index (χ1) is 18.1. The molecule has 0 bridgehead atoms. The van der Waals surface area contributed by atoms with E-state index in [1.54, 1.807) is 32.2 Å². The molecule has 1 unspecified atom stereocenters. The molecule has 0 aliphatic carbocycles. The molecule has 37 heavy (non-hydrogen) atoms. The maximum Gasteiger partial charge on any atom is 0.338 e. The van der Waals surface area contributed by atoms with E-state index in [1.165, 1.54) is 11.3 Å². The average Bonchev–Trinajstić information content (AvgIpc) is 3.58. The first-order valence-electron chi connectivity index (χ1n) is 11.7. The molecule has 0 aliphatic heterocycles. The number of fused-ring (bicyclic) bond motifs is 1. The summed E-state index contributed by atoms with van der Waals surface area (Å²) in [7, 11) is 1.60. The number of benzene rings is 3. The largest absolute Gasteiger partial charge is 0.496 e. The number of imidazole rings is 1. The number of rotatable bonds is 8. The fraction of sp³-hybridized carbons (Fsp3) is 0.143. The van der Waals surface area contributed by atoms with Gasteiger partial charge in [0.25, 0.3) is 5.91 Å². The SMILES string of the molecule is CCC(OC(=O)c1ccc2nc(-c3ccccc3)[nH]c2c1)C(=O)Nc1nc(-c2ccccc2OC)cs1. The lowest BCUT2D eigenvalue weighted by atomic mass is 10.1. The molecule has 9 heteroatoms. The third-order valence-electron chi connectivity index (χ3n) is 5.79. The van der Waals surface area contributed by atoms with E-state index in [2.05, 4.69) is 20.3 Å². The molecule has 5 aromatic rings. The highest BCUT2D eigenvalue weighted by atomic mass is 32.1. The van der Waals surface area contributed by atoms with Crippen LogP contribution in [0.3, 0.4) is 0 Å². The van der Waals surface area contributed by atoms with Gasteiger partial charge in [0.2, 0.25) is 0 Å². The van der Waals surface area contributed by atoms with Gasteiger partial charge in [-0.3, -0.25) is 10.1 Å². The van der Waals surface area contributed by atoms with Crippen LogP contribution in [0.1, 0.15) is 23.7 Å². The highest BCUT2D eigenvalue weighted by molar-refractivity contribution is 7.14. The molecule has 0 saturated carbocycles. The normalized spacial score (nSPS) is 11.7. The van der Waals surface area contributed by atoms with E-state index in [1.807, 2.05) is 60.0 Å². The number of carbonyl (C=O) groups excluding carboxylic acids is 2. The zero-order valence-electron chi connectivity index (χ0n) is 20.2. The minimum atomic E-state index is -0.969. The zero-order chi connectivity index (χ0) is 25.8. The van der Waals surface area contributed by atoms with Crippen LogP contribution in [0, 0.1) is 0 Å². The van der Waals surface area contributed by atoms with Crippen molar-refractivity contribution in [2.45, 2.75) is 19.4 Å². The Labute approximate surface area is 217 Å². The number of amides is 1. The Balaban J connectivity index is 1.27. The van der Waals surface area contributed by atoms with Crippen LogP contribution in [-0.4, -0.2) is 40.0 Å². The van der Waals surface area contributed by atoms with Gasteiger partial charge in [-0.1, -0.05) is 49.4 Å². The van der Waals surface area contributed by atoms with Crippen molar-refractivity contribution < 1.29 is 19.1 Å². The Morgan fingerprint density at radius 1 is 1.03 bits per heavy atom. The summed E-state index contributed by atoms with van der Waals surface area (Å²) in [5.74, 6) is 0.374. The second-order valence-electron chi connectivity index (χ2n) is 8.21. The number of methoxy groups -OCH3 is 1. The fourth-order valence-corrected chi connectivity index (χ4v) is 4.60. The Morgan fingerprint density at radius 2 is 1.81 bits per heavy atom. The summed E-state index contributed by atoms with van der Waals surface area (Å²) in [6.45, 7) is 1.78. The Hall–Kier alpha value is -4.50. The van der Waals surface area contributed by atoms with Crippen molar-refractivity contribution in [1.29, 1.82) is 0 Å². The van der Waals surface area contributed by atoms with Gasteiger partial charge >= 0.3 is 5.97 Å². The first kappa shape index (κ1) is 24.2. The molecule has 1 atom stereocenters. The van der Waals surface area contributed by atoms with Gasteiger partial charge in [-0.15, -0.1) is 11.3 Å². The molecule has 3 aromatic carbocycles. The molecule has 5 rings (SSSR count). The van der Waals surface area contributed by atoms with Crippen LogP contribution in [0.5, 0.6) is 5.75 Å². The number of H-pyrrole nitrogens is 1. The van der Waals surface area contributed by atoms with Crippen LogP contribution in [0.25, 0.3) is 33.7 Å². The number of aromatic amines is 1. The number of nitrogens with zero attached hydrogens (tertiary/aromatic N) is 2. The number of para-hydroxylation sites is 1. The monoisotopic (exact) mass is 512 g/mol. The summed E-state index contributed by atoms with van der Waals surface area (Å²) < 4.78 is 11.0. The predicted octanol–water partition coefficient (Wildman–Crippen LogP) is 5.94. The van der Waals surface area contributed by atoms with Gasteiger partial charge in [0.1, 0.15) is 11.6 Å². The molecule has 0 fully saturated rings. The van der Waals surface area contributed by atoms with Crippen molar-refractivity contribution in [2.24, 2.45) is 0 Å². The molecule has 8 nitrogen and oxygen atoms in total. The molecule has 0 spiro atoms. The number of carbonyl (C=O) groups is 2. The summed E-state index contributed by atoms with van der Waals surface area (Å²) in [6.07, 6.45) is -0.657. The lowest BCUT2D eigenvalue weighted by Crippen LogP contribution is -2.32. The molecule has 0 radical (unpaired) electrons. The number of aromatic nitrogens is 3. The lowest BCUT2D eigenvalue weighted by Gasteiger charge is -2.15. The van der Waals surface area contributed by atoms with E-state index >= 15 is 0 Å². The van der Waals surface area contributed by atoms with Crippen LogP contribution < -0.4 is 10.1 Å². The summed E-state index contributed by atoms with van der Waals surface area (Å²) in [5.41, 5.74) is 4.22. The molecule has 2 heterocycles. The standard InChI is InChI=1S/C28H24N4O4S/c1-3-23(26(33)32-28-31-22(16-37-28)19-11-7-8-12-24(19)35-2)36-27(34)18-13-14-20-21(15-18)30-25(29-20)17-9-5-4-6-10-17/h4-16,23H,3H2,1-2H3,(H,29,30)(H,31,32,33). The van der Waals surface area contributed by atoms with E-state index in [0.29, 0.717) is 39.9 Å². The summed E-state index contributed by atoms with van der Waals surface area (Å²) in [5, 5.41) is 5.01. The van der Waals surface area contributed by atoms with Crippen LogP contribution in [0.2, 0.25) is 0 Å². The third-order valence-corrected chi connectivity index (χ3v) is 6.55. The van der Waals surface area contributed by atoms with Crippen LogP contribution in [0.15, 0.2) is 78.2 Å². The van der Waals surface area contributed by atoms with Gasteiger partial charge in [0, 0.05) is 16.5 Å². The first-order valence-corrected chi connectivity index (χ1v) is 12.6. The summed E-state index contributed by atoms with van der Waals surface area (Å²) >= 11 is 1.29. The van der Waals surface area contributed by atoms with Crippen molar-refractivity contribution in [3.8, 4) is 28.4 Å². The van der Waals surface area contributed by atoms with Gasteiger partial charge in [-0.2, -0.15) is 0 Å². The molecular formula is C28H24N4O4S. The van der Waals surface area contributed by atoms with Gasteiger partial charge in [0.15, 0.2) is 11.2 Å². The Kier molecular flexibility index (Phi) is 6.96. The molecule has 2 aromatic heterocycles. The van der Waals surface area contributed by atoms with Crippen molar-refractivity contribution in [3.63, 3.8) is 0 Å². The second kappa shape index (κ2) is 10.6. The number of nitrogens with one attached hydrogen (secondary N) is 2. The quantitative estimate of drug-likeness (QED) is 0.249. The molecule has 186 valence electrons. The van der Waals surface area contributed by atoms with E-state index in [4.69, 9.17) is 9.47 Å². The number of anilines is 1. The van der Waals surface area contributed by atoms with E-state index < -0.39 is 18.0 Å². The maximum atomic E-state index is 12.9. The minimum absolute atomic E-state index is 0.312. The Morgan fingerprint density at radius 3 is 2.59 bits per heavy atom. The smallest absolute Gasteiger partial charge is 0.338 e. The van der Waals surface area contributed by atoms with Gasteiger partial charge in [-0.25, -0.2) is 14.8 Å². The highest BCUT2D eigenvalue weighted by Gasteiger charge is 2.24. The highest BCUT2D eigenvalue weighted by Crippen LogP contribution is 2.32. The average molecular weight is 513 g/mol. The third kappa shape index (κ3) is 5.22. The summed E-state index contributed by atoms with van der Waals surface area (Å²) in [6, 6.07) is 22.3. The number of ether oxygens (including phenoxy) is 2. The van der Waals surface area contributed by atoms with Crippen molar-refractivity contribution >= 4 is 39.4 Å². The molecule has 0 saturated heterocycles. The molecule has 0 aliphatic rings. The van der Waals surface area contributed by atoms with Crippen molar-refractivity contribution in [2.75, 3.05) is 12.4 Å². The summed E-state index contributed by atoms with van der Waals surface area (Å²) in [4.78, 5) is 38.1. The number of hydrogen-bond acceptors (Lipinski definition) is 7. The van der Waals surface area contributed by atoms with Crippen LogP contribution >= 0.6 is 11.3 Å². The minimum Gasteiger partial charge on any atom is -0.496 e. The second-order valence-corrected chi connectivity index (χ2v) is 9.07. The zero-order valence-corrected chi connectivity index (χ0v) is 21.0. The number of thiazole rings is 1. The maximum absolute atomic E-state index is 12.9. The fourth-order valence-electron chi connectivity index (χ4n) is 3.89.